The van der Waals surface area contributed by atoms with Crippen molar-refractivity contribution in [3.8, 4) is 0 Å². The first-order valence-corrected chi connectivity index (χ1v) is 10.7. The maximum absolute atomic E-state index is 12.6. The lowest BCUT2D eigenvalue weighted by molar-refractivity contribution is 0.0997. The van der Waals surface area contributed by atoms with Crippen LogP contribution in [0.2, 0.25) is 0 Å². The number of aromatic nitrogens is 1. The molecule has 0 saturated carbocycles. The fourth-order valence-electron chi connectivity index (χ4n) is 2.64. The highest BCUT2D eigenvalue weighted by molar-refractivity contribution is 7.92. The zero-order chi connectivity index (χ0) is 18.9. The number of thiazole rings is 1. The van der Waals surface area contributed by atoms with E-state index in [2.05, 4.69) is 4.99 Å². The number of nitrogens with zero attached hydrogens (tertiary/aromatic N) is 2. The average Bonchev–Trinajstić information content (AvgIpc) is 2.98. The molecule has 0 saturated heterocycles. The molecule has 0 N–H and O–H groups in total. The number of carbonyl (C=O) groups excluding carboxylic acids is 1. The molecular weight excluding hydrogens is 368 g/mol. The molecule has 0 unspecified atom stereocenters. The molecule has 7 heteroatoms. The number of aryl methyl sites for hydroxylation is 1. The minimum atomic E-state index is -3.44. The summed E-state index contributed by atoms with van der Waals surface area (Å²) in [5, 5.41) is -0.547. The van der Waals surface area contributed by atoms with Gasteiger partial charge in [-0.25, -0.2) is 8.42 Å². The van der Waals surface area contributed by atoms with Crippen LogP contribution in [0.25, 0.3) is 10.2 Å². The Balaban J connectivity index is 2.08. The molecule has 136 valence electrons. The van der Waals surface area contributed by atoms with E-state index in [1.165, 1.54) is 23.5 Å². The first-order chi connectivity index (χ1) is 12.3. The number of amides is 1. The predicted molar refractivity (Wildman–Crippen MR) is 104 cm³/mol. The van der Waals surface area contributed by atoms with Crippen LogP contribution in [0, 0.1) is 0 Å². The van der Waals surface area contributed by atoms with Crippen molar-refractivity contribution >= 4 is 37.3 Å². The van der Waals surface area contributed by atoms with E-state index in [0.717, 1.165) is 10.2 Å². The van der Waals surface area contributed by atoms with Crippen molar-refractivity contribution in [3.63, 3.8) is 0 Å². The molecule has 1 amide bonds. The molecule has 0 aliphatic heterocycles. The lowest BCUT2D eigenvalue weighted by Gasteiger charge is -2.08. The van der Waals surface area contributed by atoms with Gasteiger partial charge in [0.1, 0.15) is 0 Å². The summed E-state index contributed by atoms with van der Waals surface area (Å²) in [7, 11) is -3.44. The van der Waals surface area contributed by atoms with Gasteiger partial charge in [-0.1, -0.05) is 29.5 Å². The summed E-state index contributed by atoms with van der Waals surface area (Å²) in [6.07, 6.45) is 0. The minimum absolute atomic E-state index is 0.147. The summed E-state index contributed by atoms with van der Waals surface area (Å²) >= 11 is 1.44. The Morgan fingerprint density at radius 2 is 1.88 bits per heavy atom. The fourth-order valence-corrected chi connectivity index (χ4v) is 4.84. The summed E-state index contributed by atoms with van der Waals surface area (Å²) in [6.45, 7) is 5.93. The molecule has 0 atom stereocenters. The fraction of sp³-hybridized carbons (Fsp3) is 0.263. The van der Waals surface area contributed by atoms with Crippen molar-refractivity contribution in [2.45, 2.75) is 37.5 Å². The Labute approximate surface area is 156 Å². The molecule has 26 heavy (non-hydrogen) atoms. The summed E-state index contributed by atoms with van der Waals surface area (Å²) in [6, 6.07) is 14.0. The van der Waals surface area contributed by atoms with Crippen molar-refractivity contribution in [2.75, 3.05) is 0 Å². The number of rotatable bonds is 4. The summed E-state index contributed by atoms with van der Waals surface area (Å²) in [5.74, 6) is -0.445. The predicted octanol–water partition coefficient (Wildman–Crippen LogP) is 3.65. The number of benzene rings is 2. The quantitative estimate of drug-likeness (QED) is 0.685. The number of sulfone groups is 1. The highest BCUT2D eigenvalue weighted by Gasteiger charge is 2.20. The maximum Gasteiger partial charge on any atom is 0.279 e. The smallest absolute Gasteiger partial charge is 0.279 e. The van der Waals surface area contributed by atoms with Crippen LogP contribution in [0.15, 0.2) is 58.4 Å². The number of para-hydroxylation sites is 1. The van der Waals surface area contributed by atoms with E-state index in [1.54, 1.807) is 26.0 Å². The standard InChI is InChI=1S/C19H20N2O3S2/c1-4-21-16-10-5-6-11-17(16)25-19(21)20-18(22)14-8-7-9-15(12-14)26(23,24)13(2)3/h5-13H,4H2,1-3H3. The SMILES string of the molecule is CCn1c(=NC(=O)c2cccc(S(=O)(=O)C(C)C)c2)sc2ccccc21. The molecule has 1 aromatic heterocycles. The van der Waals surface area contributed by atoms with Gasteiger partial charge < -0.3 is 4.57 Å². The van der Waals surface area contributed by atoms with E-state index in [4.69, 9.17) is 0 Å². The second kappa shape index (κ2) is 7.17. The van der Waals surface area contributed by atoms with E-state index in [1.807, 2.05) is 35.8 Å². The van der Waals surface area contributed by atoms with Crippen LogP contribution >= 0.6 is 11.3 Å². The second-order valence-corrected chi connectivity index (χ2v) is 9.65. The molecule has 3 aromatic rings. The van der Waals surface area contributed by atoms with Crippen molar-refractivity contribution in [3.05, 3.63) is 58.9 Å². The molecule has 0 aliphatic rings. The first-order valence-electron chi connectivity index (χ1n) is 8.36. The molecule has 0 radical (unpaired) electrons. The third-order valence-corrected chi connectivity index (χ3v) is 7.34. The molecular formula is C19H20N2O3S2. The summed E-state index contributed by atoms with van der Waals surface area (Å²) < 4.78 is 27.7. The molecule has 1 heterocycles. The van der Waals surface area contributed by atoms with E-state index in [-0.39, 0.29) is 10.5 Å². The summed E-state index contributed by atoms with van der Waals surface area (Å²) in [5.41, 5.74) is 1.30. The van der Waals surface area contributed by atoms with Crippen LogP contribution in [0.3, 0.4) is 0 Å². The number of carbonyl (C=O) groups is 1. The van der Waals surface area contributed by atoms with Crippen molar-refractivity contribution in [2.24, 2.45) is 4.99 Å². The Kier molecular flexibility index (Phi) is 5.11. The van der Waals surface area contributed by atoms with Crippen LogP contribution in [0.1, 0.15) is 31.1 Å². The van der Waals surface area contributed by atoms with E-state index in [0.29, 0.717) is 11.3 Å². The van der Waals surface area contributed by atoms with Crippen LogP contribution < -0.4 is 4.80 Å². The van der Waals surface area contributed by atoms with E-state index >= 15 is 0 Å². The third-order valence-electron chi connectivity index (χ3n) is 4.13. The van der Waals surface area contributed by atoms with Gasteiger partial charge in [0, 0.05) is 12.1 Å². The third kappa shape index (κ3) is 3.37. The van der Waals surface area contributed by atoms with Crippen LogP contribution in [0.5, 0.6) is 0 Å². The van der Waals surface area contributed by atoms with Gasteiger partial charge in [-0.3, -0.25) is 4.79 Å². The molecule has 5 nitrogen and oxygen atoms in total. The van der Waals surface area contributed by atoms with Crippen LogP contribution in [-0.4, -0.2) is 24.1 Å². The van der Waals surface area contributed by atoms with Gasteiger partial charge in [0.15, 0.2) is 14.6 Å². The maximum atomic E-state index is 12.6. The van der Waals surface area contributed by atoms with Gasteiger partial charge in [-0.15, -0.1) is 0 Å². The Morgan fingerprint density at radius 1 is 1.15 bits per heavy atom. The molecule has 0 spiro atoms. The lowest BCUT2D eigenvalue weighted by atomic mass is 10.2. The normalized spacial score (nSPS) is 12.8. The van der Waals surface area contributed by atoms with Gasteiger partial charge in [0.05, 0.1) is 20.4 Å². The lowest BCUT2D eigenvalue weighted by Crippen LogP contribution is -2.17. The van der Waals surface area contributed by atoms with Crippen molar-refractivity contribution in [1.29, 1.82) is 0 Å². The van der Waals surface area contributed by atoms with Gasteiger partial charge in [0.25, 0.3) is 5.91 Å². The van der Waals surface area contributed by atoms with Crippen LogP contribution in [-0.2, 0) is 16.4 Å². The summed E-state index contributed by atoms with van der Waals surface area (Å²) in [4.78, 5) is 17.6. The Hall–Kier alpha value is -2.25. The zero-order valence-electron chi connectivity index (χ0n) is 14.8. The van der Waals surface area contributed by atoms with Crippen molar-refractivity contribution in [1.82, 2.24) is 4.57 Å². The Morgan fingerprint density at radius 3 is 2.58 bits per heavy atom. The molecule has 0 aliphatic carbocycles. The average molecular weight is 389 g/mol. The molecule has 0 fully saturated rings. The van der Waals surface area contributed by atoms with Gasteiger partial charge in [0.2, 0.25) is 0 Å². The van der Waals surface area contributed by atoms with Gasteiger partial charge in [-0.05, 0) is 51.1 Å². The van der Waals surface area contributed by atoms with Gasteiger partial charge >= 0.3 is 0 Å². The molecule has 2 aromatic carbocycles. The van der Waals surface area contributed by atoms with Crippen molar-refractivity contribution < 1.29 is 13.2 Å². The zero-order valence-corrected chi connectivity index (χ0v) is 16.5. The van der Waals surface area contributed by atoms with E-state index < -0.39 is 21.0 Å². The second-order valence-electron chi connectivity index (χ2n) is 6.14. The number of hydrogen-bond donors (Lipinski definition) is 0. The minimum Gasteiger partial charge on any atom is -0.317 e. The first kappa shape index (κ1) is 18.5. The molecule has 0 bridgehead atoms. The highest BCUT2D eigenvalue weighted by atomic mass is 32.2. The monoisotopic (exact) mass is 388 g/mol. The molecule has 3 rings (SSSR count). The van der Waals surface area contributed by atoms with Gasteiger partial charge in [-0.2, -0.15) is 4.99 Å². The Bertz CT molecular complexity index is 1140. The van der Waals surface area contributed by atoms with Crippen LogP contribution in [0.4, 0.5) is 0 Å². The largest absolute Gasteiger partial charge is 0.317 e. The number of hydrogen-bond acceptors (Lipinski definition) is 4. The van der Waals surface area contributed by atoms with E-state index in [9.17, 15) is 13.2 Å². The topological polar surface area (TPSA) is 68.5 Å². The number of fused-ring (bicyclic) bond motifs is 1. The highest BCUT2D eigenvalue weighted by Crippen LogP contribution is 2.19.